The van der Waals surface area contributed by atoms with Crippen molar-refractivity contribution >= 4 is 11.9 Å². The maximum absolute atomic E-state index is 11.1. The Morgan fingerprint density at radius 2 is 1.89 bits per heavy atom. The second kappa shape index (κ2) is 5.61. The van der Waals surface area contributed by atoms with Gasteiger partial charge in [-0.3, -0.25) is 0 Å². The molecule has 0 aromatic heterocycles. The summed E-state index contributed by atoms with van der Waals surface area (Å²) >= 11 is 0. The lowest BCUT2D eigenvalue weighted by molar-refractivity contribution is -0.156. The quantitative estimate of drug-likeness (QED) is 0.666. The number of carbonyl (C=O) groups excluding carboxylic acids is 1. The van der Waals surface area contributed by atoms with Crippen LogP contribution in [0.2, 0.25) is 0 Å². The highest BCUT2D eigenvalue weighted by Gasteiger charge is 2.27. The third kappa shape index (κ3) is 2.85. The molecule has 0 heterocycles. The molecule has 98 valence electrons. The number of hydrogen-bond acceptors (Lipinski definition) is 5. The number of hydrogen-bond donors (Lipinski definition) is 3. The number of aromatic carboxylic acids is 1. The molecule has 6 heteroatoms. The highest BCUT2D eigenvalue weighted by molar-refractivity contribution is 5.88. The zero-order chi connectivity index (χ0) is 13.9. The predicted octanol–water partition coefficient (Wildman–Crippen LogP) is 0.261. The summed E-state index contributed by atoms with van der Waals surface area (Å²) in [5.74, 6) is -2.04. The van der Waals surface area contributed by atoms with Gasteiger partial charge in [-0.15, -0.1) is 0 Å². The Morgan fingerprint density at radius 1 is 1.28 bits per heavy atom. The zero-order valence-electron chi connectivity index (χ0n) is 9.95. The minimum absolute atomic E-state index is 0.0657. The van der Waals surface area contributed by atoms with E-state index < -0.39 is 24.1 Å². The van der Waals surface area contributed by atoms with Crippen molar-refractivity contribution in [3.8, 4) is 0 Å². The van der Waals surface area contributed by atoms with Gasteiger partial charge in [-0.05, 0) is 30.2 Å². The minimum atomic E-state index is -1.70. The standard InChI is InChI=1S/C12H14O6/c1-6-5-7(11(15)16)3-4-8(6)9(13)10(14)12(17)18-2/h3-5,9-10,13-14H,1-2H3,(H,15,16). The fraction of sp³-hybridized carbons (Fsp3) is 0.333. The molecule has 0 radical (unpaired) electrons. The normalized spacial score (nSPS) is 13.8. The number of aryl methyl sites for hydroxylation is 1. The lowest BCUT2D eigenvalue weighted by atomic mass is 9.97. The lowest BCUT2D eigenvalue weighted by Crippen LogP contribution is -2.29. The molecular weight excluding hydrogens is 240 g/mol. The van der Waals surface area contributed by atoms with Gasteiger partial charge in [0.1, 0.15) is 6.10 Å². The molecule has 1 aromatic rings. The molecule has 0 fully saturated rings. The van der Waals surface area contributed by atoms with Crippen molar-refractivity contribution in [3.05, 3.63) is 34.9 Å². The summed E-state index contributed by atoms with van der Waals surface area (Å²) in [7, 11) is 1.10. The van der Waals surface area contributed by atoms with Crippen LogP contribution >= 0.6 is 0 Å². The fourth-order valence-electron chi connectivity index (χ4n) is 1.56. The van der Waals surface area contributed by atoms with E-state index in [9.17, 15) is 19.8 Å². The van der Waals surface area contributed by atoms with Gasteiger partial charge in [0, 0.05) is 0 Å². The van der Waals surface area contributed by atoms with Crippen LogP contribution in [0.1, 0.15) is 27.6 Å². The van der Waals surface area contributed by atoms with Gasteiger partial charge in [-0.2, -0.15) is 0 Å². The molecule has 1 rings (SSSR count). The van der Waals surface area contributed by atoms with E-state index in [-0.39, 0.29) is 11.1 Å². The first kappa shape index (κ1) is 14.1. The van der Waals surface area contributed by atoms with E-state index >= 15 is 0 Å². The minimum Gasteiger partial charge on any atom is -0.478 e. The Hall–Kier alpha value is -1.92. The summed E-state index contributed by atoms with van der Waals surface area (Å²) in [6, 6.07) is 4.00. The van der Waals surface area contributed by atoms with E-state index in [1.165, 1.54) is 18.2 Å². The molecule has 2 unspecified atom stereocenters. The van der Waals surface area contributed by atoms with E-state index in [1.54, 1.807) is 6.92 Å². The van der Waals surface area contributed by atoms with Gasteiger partial charge in [0.05, 0.1) is 12.7 Å². The number of methoxy groups -OCH3 is 1. The number of benzene rings is 1. The number of aliphatic hydroxyl groups is 2. The molecule has 0 amide bonds. The number of rotatable bonds is 4. The second-order valence-corrected chi connectivity index (χ2v) is 3.79. The lowest BCUT2D eigenvalue weighted by Gasteiger charge is -2.18. The first-order valence-electron chi connectivity index (χ1n) is 5.16. The topological polar surface area (TPSA) is 104 Å². The SMILES string of the molecule is COC(=O)C(O)C(O)c1ccc(C(=O)O)cc1C. The van der Waals surface area contributed by atoms with Gasteiger partial charge < -0.3 is 20.1 Å². The summed E-state index contributed by atoms with van der Waals surface area (Å²) in [5, 5.41) is 28.1. The van der Waals surface area contributed by atoms with E-state index in [2.05, 4.69) is 4.74 Å². The molecular formula is C12H14O6. The molecule has 0 saturated heterocycles. The van der Waals surface area contributed by atoms with Crippen molar-refractivity contribution in [2.45, 2.75) is 19.1 Å². The Balaban J connectivity index is 3.03. The summed E-state index contributed by atoms with van der Waals surface area (Å²) in [6.07, 6.45) is -3.16. The molecule has 0 aliphatic carbocycles. The van der Waals surface area contributed by atoms with Crippen LogP contribution in [0.15, 0.2) is 18.2 Å². The predicted molar refractivity (Wildman–Crippen MR) is 61.1 cm³/mol. The molecule has 0 aliphatic heterocycles. The third-order valence-electron chi connectivity index (χ3n) is 2.58. The number of carboxylic acid groups (broad SMARTS) is 1. The van der Waals surface area contributed by atoms with Crippen molar-refractivity contribution in [2.24, 2.45) is 0 Å². The Bertz CT molecular complexity index is 468. The third-order valence-corrected chi connectivity index (χ3v) is 2.58. The van der Waals surface area contributed by atoms with E-state index in [1.807, 2.05) is 0 Å². The molecule has 3 N–H and O–H groups in total. The number of carboxylic acids is 1. The first-order valence-corrected chi connectivity index (χ1v) is 5.16. The number of aliphatic hydroxyl groups excluding tert-OH is 2. The maximum Gasteiger partial charge on any atom is 0.337 e. The Kier molecular flexibility index (Phi) is 4.41. The van der Waals surface area contributed by atoms with Crippen LogP contribution in [0.25, 0.3) is 0 Å². The highest BCUT2D eigenvalue weighted by Crippen LogP contribution is 2.22. The van der Waals surface area contributed by atoms with Crippen LogP contribution in [-0.4, -0.2) is 40.5 Å². The summed E-state index contributed by atoms with van der Waals surface area (Å²) in [5.41, 5.74) is 0.805. The van der Waals surface area contributed by atoms with Gasteiger partial charge in [-0.25, -0.2) is 9.59 Å². The Labute approximate surface area is 103 Å². The van der Waals surface area contributed by atoms with E-state index in [0.717, 1.165) is 7.11 Å². The molecule has 0 bridgehead atoms. The first-order chi connectivity index (χ1) is 8.38. The zero-order valence-corrected chi connectivity index (χ0v) is 9.95. The second-order valence-electron chi connectivity index (χ2n) is 3.79. The molecule has 18 heavy (non-hydrogen) atoms. The molecule has 0 spiro atoms. The van der Waals surface area contributed by atoms with Gasteiger partial charge in [0.25, 0.3) is 0 Å². The van der Waals surface area contributed by atoms with Crippen LogP contribution < -0.4 is 0 Å². The van der Waals surface area contributed by atoms with Gasteiger partial charge in [0.2, 0.25) is 0 Å². The number of ether oxygens (including phenoxy) is 1. The van der Waals surface area contributed by atoms with Gasteiger partial charge >= 0.3 is 11.9 Å². The van der Waals surface area contributed by atoms with Gasteiger partial charge in [0.15, 0.2) is 6.10 Å². The molecule has 6 nitrogen and oxygen atoms in total. The van der Waals surface area contributed by atoms with Crippen molar-refractivity contribution < 1.29 is 29.6 Å². The maximum atomic E-state index is 11.1. The molecule has 0 aliphatic rings. The number of carbonyl (C=O) groups is 2. The highest BCUT2D eigenvalue weighted by atomic mass is 16.5. The molecule has 2 atom stereocenters. The summed E-state index contributed by atoms with van der Waals surface area (Å²) < 4.78 is 4.31. The van der Waals surface area contributed by atoms with Gasteiger partial charge in [-0.1, -0.05) is 6.07 Å². The molecule has 0 saturated carbocycles. The van der Waals surface area contributed by atoms with Crippen LogP contribution in [0.4, 0.5) is 0 Å². The van der Waals surface area contributed by atoms with Crippen LogP contribution in [-0.2, 0) is 9.53 Å². The smallest absolute Gasteiger partial charge is 0.337 e. The van der Waals surface area contributed by atoms with E-state index in [0.29, 0.717) is 5.56 Å². The van der Waals surface area contributed by atoms with Crippen LogP contribution in [0, 0.1) is 6.92 Å². The van der Waals surface area contributed by atoms with E-state index in [4.69, 9.17) is 5.11 Å². The van der Waals surface area contributed by atoms with Crippen molar-refractivity contribution in [2.75, 3.05) is 7.11 Å². The number of esters is 1. The average Bonchev–Trinajstić information content (AvgIpc) is 2.35. The monoisotopic (exact) mass is 254 g/mol. The fourth-order valence-corrected chi connectivity index (χ4v) is 1.56. The van der Waals surface area contributed by atoms with Crippen molar-refractivity contribution in [1.82, 2.24) is 0 Å². The Morgan fingerprint density at radius 3 is 2.33 bits per heavy atom. The van der Waals surface area contributed by atoms with Crippen molar-refractivity contribution in [3.63, 3.8) is 0 Å². The van der Waals surface area contributed by atoms with Crippen LogP contribution in [0.3, 0.4) is 0 Å². The summed E-state index contributed by atoms with van der Waals surface area (Å²) in [6.45, 7) is 1.58. The molecule has 1 aromatic carbocycles. The average molecular weight is 254 g/mol. The summed E-state index contributed by atoms with van der Waals surface area (Å²) in [4.78, 5) is 21.8. The largest absolute Gasteiger partial charge is 0.478 e. The van der Waals surface area contributed by atoms with Crippen molar-refractivity contribution in [1.29, 1.82) is 0 Å². The van der Waals surface area contributed by atoms with Crippen LogP contribution in [0.5, 0.6) is 0 Å².